The van der Waals surface area contributed by atoms with Gasteiger partial charge in [0.1, 0.15) is 6.33 Å². The van der Waals surface area contributed by atoms with E-state index in [-0.39, 0.29) is 5.91 Å². The first-order chi connectivity index (χ1) is 8.14. The van der Waals surface area contributed by atoms with Crippen LogP contribution in [0.1, 0.15) is 33.5 Å². The maximum Gasteiger partial charge on any atom is 0.227 e. The first-order valence-electron chi connectivity index (χ1n) is 6.06. The average molecular weight is 253 g/mol. The van der Waals surface area contributed by atoms with Crippen LogP contribution in [0.2, 0.25) is 0 Å². The summed E-state index contributed by atoms with van der Waals surface area (Å²) in [4.78, 5) is 16.2. The third kappa shape index (κ3) is 3.29. The molecule has 6 nitrogen and oxygen atoms in total. The standard InChI is InChI=1S/C12H23N5O/c1-11(2,12(3,4)13)10(18)14-7-6-9-15-8-17(5)16-9/h8H,6-7,13H2,1-5H3,(H,14,18). The third-order valence-corrected chi connectivity index (χ3v) is 3.46. The van der Waals surface area contributed by atoms with Crippen molar-refractivity contribution in [3.8, 4) is 0 Å². The Balaban J connectivity index is 2.47. The molecule has 1 aromatic rings. The van der Waals surface area contributed by atoms with Crippen LogP contribution in [0.5, 0.6) is 0 Å². The normalized spacial score (nSPS) is 12.6. The lowest BCUT2D eigenvalue weighted by atomic mass is 9.74. The smallest absolute Gasteiger partial charge is 0.227 e. The highest BCUT2D eigenvalue weighted by atomic mass is 16.2. The molecule has 0 saturated heterocycles. The fourth-order valence-corrected chi connectivity index (χ4v) is 1.30. The number of nitrogens with one attached hydrogen (secondary N) is 1. The number of aromatic nitrogens is 3. The van der Waals surface area contributed by atoms with Crippen LogP contribution in [0, 0.1) is 5.41 Å². The van der Waals surface area contributed by atoms with Crippen LogP contribution in [0.4, 0.5) is 0 Å². The maximum absolute atomic E-state index is 12.1. The van der Waals surface area contributed by atoms with Crippen molar-refractivity contribution in [3.05, 3.63) is 12.2 Å². The first-order valence-corrected chi connectivity index (χ1v) is 6.06. The molecule has 0 atom stereocenters. The van der Waals surface area contributed by atoms with Crippen LogP contribution in [-0.4, -0.2) is 32.8 Å². The van der Waals surface area contributed by atoms with E-state index in [0.29, 0.717) is 13.0 Å². The van der Waals surface area contributed by atoms with Crippen molar-refractivity contribution in [1.29, 1.82) is 0 Å². The van der Waals surface area contributed by atoms with Crippen molar-refractivity contribution in [2.24, 2.45) is 18.2 Å². The average Bonchev–Trinajstić information content (AvgIpc) is 2.62. The fraction of sp³-hybridized carbons (Fsp3) is 0.750. The van der Waals surface area contributed by atoms with Crippen molar-refractivity contribution < 1.29 is 4.79 Å². The summed E-state index contributed by atoms with van der Waals surface area (Å²) < 4.78 is 1.64. The van der Waals surface area contributed by atoms with E-state index in [4.69, 9.17) is 5.73 Å². The summed E-state index contributed by atoms with van der Waals surface area (Å²) in [6.45, 7) is 7.92. The summed E-state index contributed by atoms with van der Waals surface area (Å²) in [5.74, 6) is 0.675. The summed E-state index contributed by atoms with van der Waals surface area (Å²) in [6, 6.07) is 0. The minimum Gasteiger partial charge on any atom is -0.355 e. The second-order valence-electron chi connectivity index (χ2n) is 5.69. The molecule has 0 radical (unpaired) electrons. The lowest BCUT2D eigenvalue weighted by Gasteiger charge is -2.36. The Morgan fingerprint density at radius 2 is 2.06 bits per heavy atom. The van der Waals surface area contributed by atoms with Gasteiger partial charge in [-0.05, 0) is 27.7 Å². The monoisotopic (exact) mass is 253 g/mol. The van der Waals surface area contributed by atoms with Crippen LogP contribution >= 0.6 is 0 Å². The Bertz CT molecular complexity index is 416. The van der Waals surface area contributed by atoms with Gasteiger partial charge in [-0.15, -0.1) is 0 Å². The number of carbonyl (C=O) groups excluding carboxylic acids is 1. The van der Waals surface area contributed by atoms with E-state index >= 15 is 0 Å². The molecule has 0 unspecified atom stereocenters. The van der Waals surface area contributed by atoms with E-state index in [1.54, 1.807) is 11.0 Å². The predicted molar refractivity (Wildman–Crippen MR) is 69.8 cm³/mol. The number of amides is 1. The first kappa shape index (κ1) is 14.6. The SMILES string of the molecule is Cn1cnc(CCNC(=O)C(C)(C)C(C)(C)N)n1. The van der Waals surface area contributed by atoms with Crippen molar-refractivity contribution in [1.82, 2.24) is 20.1 Å². The zero-order valence-electron chi connectivity index (χ0n) is 11.8. The minimum absolute atomic E-state index is 0.0501. The Morgan fingerprint density at radius 3 is 2.50 bits per heavy atom. The molecular formula is C12H23N5O. The van der Waals surface area contributed by atoms with E-state index in [1.165, 1.54) is 0 Å². The highest BCUT2D eigenvalue weighted by molar-refractivity contribution is 5.83. The molecule has 0 aromatic carbocycles. The number of nitrogens with two attached hydrogens (primary N) is 1. The zero-order chi connectivity index (χ0) is 14.0. The van der Waals surface area contributed by atoms with Crippen molar-refractivity contribution in [3.63, 3.8) is 0 Å². The van der Waals surface area contributed by atoms with Gasteiger partial charge in [0.25, 0.3) is 0 Å². The van der Waals surface area contributed by atoms with Crippen LogP contribution in [0.15, 0.2) is 6.33 Å². The van der Waals surface area contributed by atoms with Crippen LogP contribution in [0.3, 0.4) is 0 Å². The van der Waals surface area contributed by atoms with Crippen molar-refractivity contribution in [2.75, 3.05) is 6.54 Å². The van der Waals surface area contributed by atoms with Gasteiger partial charge in [0, 0.05) is 25.6 Å². The number of rotatable bonds is 5. The van der Waals surface area contributed by atoms with Gasteiger partial charge in [-0.1, -0.05) is 0 Å². The third-order valence-electron chi connectivity index (χ3n) is 3.46. The van der Waals surface area contributed by atoms with E-state index in [2.05, 4.69) is 15.4 Å². The van der Waals surface area contributed by atoms with Crippen molar-refractivity contribution in [2.45, 2.75) is 39.7 Å². The summed E-state index contributed by atoms with van der Waals surface area (Å²) in [6.07, 6.45) is 2.26. The molecule has 18 heavy (non-hydrogen) atoms. The van der Waals surface area contributed by atoms with E-state index < -0.39 is 11.0 Å². The van der Waals surface area contributed by atoms with Gasteiger partial charge in [-0.3, -0.25) is 9.48 Å². The molecule has 6 heteroatoms. The van der Waals surface area contributed by atoms with Crippen molar-refractivity contribution >= 4 is 5.91 Å². The van der Waals surface area contributed by atoms with E-state index in [1.807, 2.05) is 34.7 Å². The van der Waals surface area contributed by atoms with Gasteiger partial charge >= 0.3 is 0 Å². The second-order valence-corrected chi connectivity index (χ2v) is 5.69. The maximum atomic E-state index is 12.1. The number of hydrogen-bond donors (Lipinski definition) is 2. The molecule has 1 heterocycles. The van der Waals surface area contributed by atoms with Crippen LogP contribution in [-0.2, 0) is 18.3 Å². The zero-order valence-corrected chi connectivity index (χ0v) is 11.8. The van der Waals surface area contributed by atoms with Gasteiger partial charge in [-0.2, -0.15) is 5.10 Å². The number of carbonyl (C=O) groups is 1. The molecule has 102 valence electrons. The van der Waals surface area contributed by atoms with Gasteiger partial charge in [0.05, 0.1) is 5.41 Å². The Hall–Kier alpha value is -1.43. The predicted octanol–water partition coefficient (Wildman–Crippen LogP) is 0.237. The van der Waals surface area contributed by atoms with Gasteiger partial charge in [0.15, 0.2) is 5.82 Å². The fourth-order valence-electron chi connectivity index (χ4n) is 1.30. The molecule has 1 amide bonds. The number of nitrogens with zero attached hydrogens (tertiary/aromatic N) is 3. The second kappa shape index (κ2) is 5.06. The molecule has 0 aliphatic heterocycles. The molecular weight excluding hydrogens is 230 g/mol. The number of aryl methyl sites for hydroxylation is 1. The highest BCUT2D eigenvalue weighted by Crippen LogP contribution is 2.28. The molecule has 0 bridgehead atoms. The lowest BCUT2D eigenvalue weighted by molar-refractivity contribution is -0.132. The van der Waals surface area contributed by atoms with Gasteiger partial charge in [0.2, 0.25) is 5.91 Å². The van der Waals surface area contributed by atoms with E-state index in [9.17, 15) is 4.79 Å². The van der Waals surface area contributed by atoms with Gasteiger partial charge < -0.3 is 11.1 Å². The topological polar surface area (TPSA) is 85.8 Å². The largest absolute Gasteiger partial charge is 0.355 e. The summed E-state index contributed by atoms with van der Waals surface area (Å²) in [5, 5.41) is 7.03. The molecule has 3 N–H and O–H groups in total. The molecule has 1 aromatic heterocycles. The van der Waals surface area contributed by atoms with Crippen LogP contribution in [0.25, 0.3) is 0 Å². The Labute approximate surface area is 108 Å². The number of hydrogen-bond acceptors (Lipinski definition) is 4. The molecule has 0 spiro atoms. The lowest BCUT2D eigenvalue weighted by Crippen LogP contribution is -2.55. The summed E-state index contributed by atoms with van der Waals surface area (Å²) >= 11 is 0. The minimum atomic E-state index is -0.620. The molecule has 0 aliphatic carbocycles. The van der Waals surface area contributed by atoms with Gasteiger partial charge in [-0.25, -0.2) is 4.98 Å². The summed E-state index contributed by atoms with van der Waals surface area (Å²) in [7, 11) is 1.81. The van der Waals surface area contributed by atoms with Crippen LogP contribution < -0.4 is 11.1 Å². The summed E-state index contributed by atoms with van der Waals surface area (Å²) in [5.41, 5.74) is 4.82. The van der Waals surface area contributed by atoms with E-state index in [0.717, 1.165) is 5.82 Å². The highest BCUT2D eigenvalue weighted by Gasteiger charge is 2.40. The molecule has 0 fully saturated rings. The molecule has 0 aliphatic rings. The Morgan fingerprint density at radius 1 is 1.44 bits per heavy atom. The molecule has 0 saturated carbocycles. The molecule has 1 rings (SSSR count). The quantitative estimate of drug-likeness (QED) is 0.787. The Kier molecular flexibility index (Phi) is 4.11.